The number of aromatic nitrogens is 1. The van der Waals surface area contributed by atoms with E-state index in [9.17, 15) is 10.1 Å². The number of carbonyl (C=O) groups is 1. The Labute approximate surface area is 213 Å². The van der Waals surface area contributed by atoms with E-state index in [2.05, 4.69) is 21.7 Å². The van der Waals surface area contributed by atoms with Gasteiger partial charge in [0.2, 0.25) is 0 Å². The van der Waals surface area contributed by atoms with Crippen molar-refractivity contribution in [1.82, 2.24) is 4.98 Å². The average Bonchev–Trinajstić information content (AvgIpc) is 2.89. The van der Waals surface area contributed by atoms with Crippen molar-refractivity contribution in [2.24, 2.45) is 0 Å². The number of amides is 2. The van der Waals surface area contributed by atoms with Gasteiger partial charge in [0.1, 0.15) is 29.9 Å². The van der Waals surface area contributed by atoms with Crippen molar-refractivity contribution in [2.45, 2.75) is 4.90 Å². The fraction of sp³-hybridized carbons (Fsp3) is 0.148. The molecule has 9 heteroatoms. The molecule has 0 radical (unpaired) electrons. The molecule has 0 saturated heterocycles. The quantitative estimate of drug-likeness (QED) is 0.205. The zero-order valence-corrected chi connectivity index (χ0v) is 20.6. The maximum absolute atomic E-state index is 12.4. The molecule has 0 aliphatic rings. The van der Waals surface area contributed by atoms with Crippen LogP contribution in [-0.4, -0.2) is 37.6 Å². The Bertz CT molecular complexity index is 1400. The molecule has 2 amide bonds. The first-order valence-electron chi connectivity index (χ1n) is 11.0. The highest BCUT2D eigenvalue weighted by Gasteiger charge is 2.12. The third-order valence-electron chi connectivity index (χ3n) is 5.14. The van der Waals surface area contributed by atoms with E-state index in [0.29, 0.717) is 58.3 Å². The number of pyridine rings is 1. The number of hydrogen-bond acceptors (Lipinski definition) is 7. The Morgan fingerprint density at radius 1 is 1.00 bits per heavy atom. The number of hydrogen-bond donors (Lipinski definition) is 2. The molecule has 36 heavy (non-hydrogen) atoms. The minimum absolute atomic E-state index is 0.329. The van der Waals surface area contributed by atoms with E-state index in [1.807, 2.05) is 30.5 Å². The molecule has 4 rings (SSSR count). The summed E-state index contributed by atoms with van der Waals surface area (Å²) in [6, 6.07) is 21.6. The number of nitrogens with zero attached hydrogens (tertiary/aromatic N) is 2. The Morgan fingerprint density at radius 3 is 2.56 bits per heavy atom. The molecule has 2 N–H and O–H groups in total. The summed E-state index contributed by atoms with van der Waals surface area (Å²) in [5.74, 6) is 1.56. The second kappa shape index (κ2) is 11.9. The van der Waals surface area contributed by atoms with Crippen molar-refractivity contribution in [3.63, 3.8) is 0 Å². The Morgan fingerprint density at radius 2 is 1.81 bits per heavy atom. The van der Waals surface area contributed by atoms with Crippen LogP contribution in [0.25, 0.3) is 10.9 Å². The van der Waals surface area contributed by atoms with Gasteiger partial charge in [0.15, 0.2) is 0 Å². The van der Waals surface area contributed by atoms with Crippen LogP contribution in [-0.2, 0) is 4.74 Å². The topological polar surface area (TPSA) is 106 Å². The molecule has 0 aliphatic carbocycles. The smallest absolute Gasteiger partial charge is 0.323 e. The second-order valence-electron chi connectivity index (χ2n) is 7.57. The summed E-state index contributed by atoms with van der Waals surface area (Å²) in [5, 5.41) is 15.9. The van der Waals surface area contributed by atoms with Gasteiger partial charge in [0.05, 0.1) is 17.7 Å². The lowest BCUT2D eigenvalue weighted by molar-refractivity contribution is 0.146. The Hall–Kier alpha value is -4.26. The first-order valence-corrected chi connectivity index (χ1v) is 12.3. The fourth-order valence-electron chi connectivity index (χ4n) is 3.41. The van der Waals surface area contributed by atoms with Gasteiger partial charge in [0.25, 0.3) is 0 Å². The van der Waals surface area contributed by atoms with Gasteiger partial charge in [-0.05, 0) is 60.9 Å². The molecule has 3 aromatic carbocycles. The number of ether oxygens (including phenoxy) is 3. The summed E-state index contributed by atoms with van der Waals surface area (Å²) < 4.78 is 16.7. The zero-order valence-electron chi connectivity index (χ0n) is 19.8. The van der Waals surface area contributed by atoms with Gasteiger partial charge in [-0.3, -0.25) is 4.98 Å². The number of anilines is 2. The van der Waals surface area contributed by atoms with Crippen molar-refractivity contribution in [3.05, 3.63) is 78.5 Å². The monoisotopic (exact) mass is 500 g/mol. The van der Waals surface area contributed by atoms with Crippen molar-refractivity contribution >= 4 is 40.1 Å². The minimum Gasteiger partial charge on any atom is -0.490 e. The highest BCUT2D eigenvalue weighted by molar-refractivity contribution is 7.98. The molecule has 8 nitrogen and oxygen atoms in total. The van der Waals surface area contributed by atoms with E-state index in [1.165, 1.54) is 0 Å². The third kappa shape index (κ3) is 6.24. The maximum Gasteiger partial charge on any atom is 0.323 e. The van der Waals surface area contributed by atoms with Gasteiger partial charge in [-0.15, -0.1) is 11.8 Å². The summed E-state index contributed by atoms with van der Waals surface area (Å²) in [6.45, 7) is 0.743. The van der Waals surface area contributed by atoms with Gasteiger partial charge >= 0.3 is 6.03 Å². The van der Waals surface area contributed by atoms with E-state index in [4.69, 9.17) is 14.2 Å². The summed E-state index contributed by atoms with van der Waals surface area (Å²) in [5.41, 5.74) is 2.35. The van der Waals surface area contributed by atoms with Crippen LogP contribution in [0.1, 0.15) is 5.56 Å². The number of nitriles is 1. The number of nitrogens with one attached hydrogen (secondary N) is 2. The molecular formula is C27H24N4O4S. The SMILES string of the molecule is COCCOc1cc2nccc(Oc3ccc(NC(=O)Nc4cccc(SC)c4)cc3)c2cc1C#N. The van der Waals surface area contributed by atoms with Gasteiger partial charge < -0.3 is 24.8 Å². The van der Waals surface area contributed by atoms with Crippen LogP contribution in [0.2, 0.25) is 0 Å². The van der Waals surface area contributed by atoms with Crippen LogP contribution in [0.5, 0.6) is 17.2 Å². The number of thioether (sulfide) groups is 1. The summed E-state index contributed by atoms with van der Waals surface area (Å²) in [7, 11) is 1.59. The van der Waals surface area contributed by atoms with Crippen LogP contribution in [0.4, 0.5) is 16.2 Å². The maximum atomic E-state index is 12.4. The average molecular weight is 501 g/mol. The van der Waals surface area contributed by atoms with E-state index in [0.717, 1.165) is 4.90 Å². The van der Waals surface area contributed by atoms with Gasteiger partial charge in [-0.2, -0.15) is 5.26 Å². The van der Waals surface area contributed by atoms with Crippen LogP contribution in [0.15, 0.2) is 77.8 Å². The first-order chi connectivity index (χ1) is 17.6. The molecule has 0 bridgehead atoms. The lowest BCUT2D eigenvalue weighted by Crippen LogP contribution is -2.19. The predicted molar refractivity (Wildman–Crippen MR) is 141 cm³/mol. The van der Waals surface area contributed by atoms with E-state index < -0.39 is 0 Å². The zero-order chi connectivity index (χ0) is 25.3. The molecule has 1 heterocycles. The summed E-state index contributed by atoms with van der Waals surface area (Å²) in [6.07, 6.45) is 3.62. The molecule has 0 atom stereocenters. The van der Waals surface area contributed by atoms with Crippen LogP contribution in [0.3, 0.4) is 0 Å². The minimum atomic E-state index is -0.338. The standard InChI is InChI=1S/C27H24N4O4S/c1-33-12-13-34-26-16-24-23(14-18(26)17-28)25(10-11-29-24)35-21-8-6-19(7-9-21)30-27(32)31-20-4-3-5-22(15-20)36-2/h3-11,14-16H,12-13H2,1-2H3,(H2,30,31,32). The molecule has 0 fully saturated rings. The van der Waals surface area contributed by atoms with Crippen LogP contribution >= 0.6 is 11.8 Å². The Kier molecular flexibility index (Phi) is 8.24. The number of carbonyl (C=O) groups excluding carboxylic acids is 1. The fourth-order valence-corrected chi connectivity index (χ4v) is 3.87. The predicted octanol–water partition coefficient (Wildman–Crippen LogP) is 6.29. The lowest BCUT2D eigenvalue weighted by Gasteiger charge is -2.12. The largest absolute Gasteiger partial charge is 0.490 e. The van der Waals surface area contributed by atoms with Gasteiger partial charge in [0, 0.05) is 41.0 Å². The third-order valence-corrected chi connectivity index (χ3v) is 5.86. The van der Waals surface area contributed by atoms with Crippen molar-refractivity contribution < 1.29 is 19.0 Å². The molecule has 182 valence electrons. The van der Waals surface area contributed by atoms with Crippen molar-refractivity contribution in [3.8, 4) is 23.3 Å². The van der Waals surface area contributed by atoms with E-state index >= 15 is 0 Å². The number of urea groups is 1. The molecule has 0 unspecified atom stereocenters. The highest BCUT2D eigenvalue weighted by Crippen LogP contribution is 2.33. The van der Waals surface area contributed by atoms with Gasteiger partial charge in [-0.25, -0.2) is 4.79 Å². The summed E-state index contributed by atoms with van der Waals surface area (Å²) >= 11 is 1.61. The molecule has 1 aromatic heterocycles. The Balaban J connectivity index is 1.45. The molecular weight excluding hydrogens is 476 g/mol. The van der Waals surface area contributed by atoms with Crippen LogP contribution < -0.4 is 20.1 Å². The number of benzene rings is 3. The number of fused-ring (bicyclic) bond motifs is 1. The summed E-state index contributed by atoms with van der Waals surface area (Å²) in [4.78, 5) is 17.8. The second-order valence-corrected chi connectivity index (χ2v) is 8.44. The molecule has 0 saturated carbocycles. The highest BCUT2D eigenvalue weighted by atomic mass is 32.2. The van der Waals surface area contributed by atoms with Crippen LogP contribution in [0, 0.1) is 11.3 Å². The molecule has 0 spiro atoms. The van der Waals surface area contributed by atoms with E-state index in [1.54, 1.807) is 67.5 Å². The lowest BCUT2D eigenvalue weighted by atomic mass is 10.1. The van der Waals surface area contributed by atoms with Crippen molar-refractivity contribution in [1.29, 1.82) is 5.26 Å². The number of methoxy groups -OCH3 is 1. The molecule has 4 aromatic rings. The normalized spacial score (nSPS) is 10.5. The first kappa shape index (κ1) is 24.9. The van der Waals surface area contributed by atoms with E-state index in [-0.39, 0.29) is 6.03 Å². The number of rotatable bonds is 9. The van der Waals surface area contributed by atoms with Gasteiger partial charge in [-0.1, -0.05) is 6.07 Å². The van der Waals surface area contributed by atoms with Crippen molar-refractivity contribution in [2.75, 3.05) is 37.2 Å². The molecule has 0 aliphatic heterocycles.